The average Bonchev–Trinajstić information content (AvgIpc) is 2.51. The Hall–Kier alpha value is -2.08. The Morgan fingerprint density at radius 2 is 1.78 bits per heavy atom. The molecule has 0 fully saturated rings. The van der Waals surface area contributed by atoms with Gasteiger partial charge in [0.2, 0.25) is 11.8 Å². The Kier molecular flexibility index (Phi) is 8.11. The standard InChI is InChI=1S/C17H27N3O3/c1-14(21)20(12-11-19(2)3)13-17(22)18-10-9-15-5-7-16(23-4)8-6-15/h5-8H,9-13H2,1-4H3,(H,18,22). The number of benzene rings is 1. The fraction of sp³-hybridized carbons (Fsp3) is 0.529. The van der Waals surface area contributed by atoms with Crippen LogP contribution in [-0.4, -0.2) is 69.0 Å². The van der Waals surface area contributed by atoms with Crippen molar-refractivity contribution >= 4 is 11.8 Å². The lowest BCUT2D eigenvalue weighted by Crippen LogP contribution is -2.43. The quantitative estimate of drug-likeness (QED) is 0.729. The number of hydrogen-bond donors (Lipinski definition) is 1. The molecule has 1 rings (SSSR count). The SMILES string of the molecule is COc1ccc(CCNC(=O)CN(CCN(C)C)C(C)=O)cc1. The Morgan fingerprint density at radius 1 is 1.13 bits per heavy atom. The second-order valence-corrected chi connectivity index (χ2v) is 5.69. The van der Waals surface area contributed by atoms with Crippen molar-refractivity contribution in [2.45, 2.75) is 13.3 Å². The second kappa shape index (κ2) is 9.84. The van der Waals surface area contributed by atoms with E-state index in [4.69, 9.17) is 4.74 Å². The fourth-order valence-electron chi connectivity index (χ4n) is 2.04. The molecule has 1 N–H and O–H groups in total. The average molecular weight is 321 g/mol. The molecule has 6 nitrogen and oxygen atoms in total. The fourth-order valence-corrected chi connectivity index (χ4v) is 2.04. The van der Waals surface area contributed by atoms with Gasteiger partial charge in [-0.05, 0) is 38.2 Å². The summed E-state index contributed by atoms with van der Waals surface area (Å²) in [5, 5.41) is 2.86. The lowest BCUT2D eigenvalue weighted by Gasteiger charge is -2.22. The zero-order chi connectivity index (χ0) is 17.2. The lowest BCUT2D eigenvalue weighted by atomic mass is 10.1. The van der Waals surface area contributed by atoms with Gasteiger partial charge in [0.05, 0.1) is 13.7 Å². The van der Waals surface area contributed by atoms with Crippen LogP contribution in [0.5, 0.6) is 5.75 Å². The van der Waals surface area contributed by atoms with Crippen LogP contribution < -0.4 is 10.1 Å². The molecule has 2 amide bonds. The summed E-state index contributed by atoms with van der Waals surface area (Å²) in [5.74, 6) is 0.598. The highest BCUT2D eigenvalue weighted by Crippen LogP contribution is 2.11. The zero-order valence-electron chi connectivity index (χ0n) is 14.5. The number of methoxy groups -OCH3 is 1. The van der Waals surface area contributed by atoms with E-state index in [1.165, 1.54) is 6.92 Å². The summed E-state index contributed by atoms with van der Waals surface area (Å²) >= 11 is 0. The summed E-state index contributed by atoms with van der Waals surface area (Å²) in [6, 6.07) is 7.75. The molecule has 0 aliphatic heterocycles. The van der Waals surface area contributed by atoms with Gasteiger partial charge in [-0.15, -0.1) is 0 Å². The summed E-state index contributed by atoms with van der Waals surface area (Å²) in [4.78, 5) is 27.1. The summed E-state index contributed by atoms with van der Waals surface area (Å²) in [5.41, 5.74) is 1.13. The third-order valence-corrected chi connectivity index (χ3v) is 3.49. The van der Waals surface area contributed by atoms with Crippen molar-refractivity contribution in [1.82, 2.24) is 15.1 Å². The van der Waals surface area contributed by atoms with Crippen LogP contribution in [0, 0.1) is 0 Å². The minimum Gasteiger partial charge on any atom is -0.497 e. The summed E-state index contributed by atoms with van der Waals surface area (Å²) < 4.78 is 5.11. The minimum absolute atomic E-state index is 0.0860. The molecule has 0 atom stereocenters. The third kappa shape index (κ3) is 7.65. The first-order chi connectivity index (χ1) is 10.9. The molecule has 0 aromatic heterocycles. The monoisotopic (exact) mass is 321 g/mol. The first kappa shape index (κ1) is 19.0. The highest BCUT2D eigenvalue weighted by Gasteiger charge is 2.13. The van der Waals surface area contributed by atoms with Gasteiger partial charge in [0.15, 0.2) is 0 Å². The summed E-state index contributed by atoms with van der Waals surface area (Å²) in [6.07, 6.45) is 0.744. The number of carbonyl (C=O) groups is 2. The van der Waals surface area contributed by atoms with E-state index in [0.29, 0.717) is 13.1 Å². The van der Waals surface area contributed by atoms with E-state index in [1.54, 1.807) is 12.0 Å². The van der Waals surface area contributed by atoms with Crippen molar-refractivity contribution in [3.05, 3.63) is 29.8 Å². The molecule has 1 aromatic carbocycles. The number of amides is 2. The molecule has 0 unspecified atom stereocenters. The summed E-state index contributed by atoms with van der Waals surface area (Å²) in [6.45, 7) is 3.42. The molecule has 0 aliphatic rings. The molecule has 6 heteroatoms. The van der Waals surface area contributed by atoms with Crippen LogP contribution in [0.25, 0.3) is 0 Å². The molecule has 23 heavy (non-hydrogen) atoms. The third-order valence-electron chi connectivity index (χ3n) is 3.49. The summed E-state index contributed by atoms with van der Waals surface area (Å²) in [7, 11) is 5.51. The van der Waals surface area contributed by atoms with Crippen molar-refractivity contribution < 1.29 is 14.3 Å². The van der Waals surface area contributed by atoms with Gasteiger partial charge < -0.3 is 19.9 Å². The molecule has 0 spiro atoms. The van der Waals surface area contributed by atoms with Crippen LogP contribution in [0.1, 0.15) is 12.5 Å². The molecule has 0 radical (unpaired) electrons. The van der Waals surface area contributed by atoms with E-state index in [-0.39, 0.29) is 18.4 Å². The molecule has 0 bridgehead atoms. The second-order valence-electron chi connectivity index (χ2n) is 5.69. The molecule has 0 heterocycles. The van der Waals surface area contributed by atoms with Gasteiger partial charge in [-0.1, -0.05) is 12.1 Å². The van der Waals surface area contributed by atoms with Gasteiger partial charge >= 0.3 is 0 Å². The van der Waals surface area contributed by atoms with Gasteiger partial charge in [0, 0.05) is 26.6 Å². The highest BCUT2D eigenvalue weighted by molar-refractivity contribution is 5.83. The molecule has 0 saturated heterocycles. The zero-order valence-corrected chi connectivity index (χ0v) is 14.5. The van der Waals surface area contributed by atoms with E-state index in [1.807, 2.05) is 43.3 Å². The number of carbonyl (C=O) groups excluding carboxylic acids is 2. The van der Waals surface area contributed by atoms with Gasteiger partial charge in [0.25, 0.3) is 0 Å². The van der Waals surface area contributed by atoms with Gasteiger partial charge in [0.1, 0.15) is 5.75 Å². The van der Waals surface area contributed by atoms with Gasteiger partial charge in [-0.2, -0.15) is 0 Å². The maximum absolute atomic E-state index is 12.0. The van der Waals surface area contributed by atoms with E-state index in [2.05, 4.69) is 5.32 Å². The minimum atomic E-state index is -0.132. The van der Waals surface area contributed by atoms with Crippen LogP contribution in [0.4, 0.5) is 0 Å². The lowest BCUT2D eigenvalue weighted by molar-refractivity contribution is -0.134. The molecule has 0 saturated carbocycles. The van der Waals surface area contributed by atoms with Gasteiger partial charge in [-0.25, -0.2) is 0 Å². The number of nitrogens with one attached hydrogen (secondary N) is 1. The van der Waals surface area contributed by atoms with Crippen molar-refractivity contribution in [3.63, 3.8) is 0 Å². The Balaban J connectivity index is 2.35. The molecule has 1 aromatic rings. The maximum atomic E-state index is 12.0. The normalized spacial score (nSPS) is 10.5. The van der Waals surface area contributed by atoms with Crippen molar-refractivity contribution in [1.29, 1.82) is 0 Å². The topological polar surface area (TPSA) is 61.9 Å². The molecule has 0 aliphatic carbocycles. The van der Waals surface area contributed by atoms with E-state index >= 15 is 0 Å². The number of rotatable bonds is 9. The van der Waals surface area contributed by atoms with Crippen LogP contribution in [0.3, 0.4) is 0 Å². The Bertz CT molecular complexity index is 500. The molecular weight excluding hydrogens is 294 g/mol. The number of nitrogens with zero attached hydrogens (tertiary/aromatic N) is 2. The predicted molar refractivity (Wildman–Crippen MR) is 90.5 cm³/mol. The number of hydrogen-bond acceptors (Lipinski definition) is 4. The Morgan fingerprint density at radius 3 is 2.30 bits per heavy atom. The van der Waals surface area contributed by atoms with Crippen molar-refractivity contribution in [2.75, 3.05) is 47.4 Å². The van der Waals surface area contributed by atoms with E-state index in [9.17, 15) is 9.59 Å². The van der Waals surface area contributed by atoms with Crippen molar-refractivity contribution in [2.24, 2.45) is 0 Å². The van der Waals surface area contributed by atoms with Gasteiger partial charge in [-0.3, -0.25) is 9.59 Å². The van der Waals surface area contributed by atoms with Crippen LogP contribution in [-0.2, 0) is 16.0 Å². The van der Waals surface area contributed by atoms with Crippen LogP contribution in [0.2, 0.25) is 0 Å². The smallest absolute Gasteiger partial charge is 0.239 e. The van der Waals surface area contributed by atoms with Crippen LogP contribution >= 0.6 is 0 Å². The first-order valence-electron chi connectivity index (χ1n) is 7.72. The molecular formula is C17H27N3O3. The predicted octanol–water partition coefficient (Wildman–Crippen LogP) is 0.764. The van der Waals surface area contributed by atoms with Crippen LogP contribution in [0.15, 0.2) is 24.3 Å². The van der Waals surface area contributed by atoms with E-state index < -0.39 is 0 Å². The first-order valence-corrected chi connectivity index (χ1v) is 7.72. The highest BCUT2D eigenvalue weighted by atomic mass is 16.5. The number of likely N-dealkylation sites (N-methyl/N-ethyl adjacent to an activating group) is 1. The molecule has 128 valence electrons. The van der Waals surface area contributed by atoms with Crippen molar-refractivity contribution in [3.8, 4) is 5.75 Å². The maximum Gasteiger partial charge on any atom is 0.239 e. The number of ether oxygens (including phenoxy) is 1. The van der Waals surface area contributed by atoms with E-state index in [0.717, 1.165) is 24.3 Å². The largest absolute Gasteiger partial charge is 0.497 e. The Labute approximate surface area is 138 Å².